The molecule has 3 N–H and O–H groups in total. The summed E-state index contributed by atoms with van der Waals surface area (Å²) >= 11 is 4.73. The lowest BCUT2D eigenvalue weighted by atomic mass is 10.2. The summed E-state index contributed by atoms with van der Waals surface area (Å²) in [6.45, 7) is 3.54. The molecule has 0 aliphatic heterocycles. The second-order valence-electron chi connectivity index (χ2n) is 4.93. The number of carbonyl (C=O) groups is 1. The fourth-order valence-electron chi connectivity index (χ4n) is 1.71. The van der Waals surface area contributed by atoms with E-state index >= 15 is 0 Å². The van der Waals surface area contributed by atoms with Crippen LogP contribution in [-0.2, 0) is 4.74 Å². The van der Waals surface area contributed by atoms with Gasteiger partial charge in [0.2, 0.25) is 5.88 Å². The average Bonchev–Trinajstić information content (AvgIpc) is 2.46. The Morgan fingerprint density at radius 2 is 1.96 bits per heavy atom. The molecule has 8 heteroatoms. The molecule has 23 heavy (non-hydrogen) atoms. The molecule has 0 atom stereocenters. The summed E-state index contributed by atoms with van der Waals surface area (Å²) < 4.78 is 5.10. The smallest absolute Gasteiger partial charge is 0.338 e. The Morgan fingerprint density at radius 3 is 2.52 bits per heavy atom. The Labute approximate surface area is 136 Å². The van der Waals surface area contributed by atoms with E-state index in [2.05, 4.69) is 15.0 Å². The summed E-state index contributed by atoms with van der Waals surface area (Å²) in [5.41, 5.74) is 0.323. The van der Waals surface area contributed by atoms with Crippen molar-refractivity contribution in [3.8, 4) is 5.88 Å². The first-order chi connectivity index (χ1) is 10.9. The van der Waals surface area contributed by atoms with Gasteiger partial charge in [0.15, 0.2) is 4.77 Å². The summed E-state index contributed by atoms with van der Waals surface area (Å²) in [5.74, 6) is -0.778. The minimum Gasteiger partial charge on any atom is -0.494 e. The molecule has 0 aliphatic carbocycles. The van der Waals surface area contributed by atoms with Gasteiger partial charge in [-0.15, -0.1) is 0 Å². The third-order valence-corrected chi connectivity index (χ3v) is 2.95. The van der Waals surface area contributed by atoms with E-state index in [1.807, 2.05) is 0 Å². The van der Waals surface area contributed by atoms with Crippen LogP contribution in [0.15, 0.2) is 34.1 Å². The van der Waals surface area contributed by atoms with Crippen LogP contribution in [-0.4, -0.2) is 33.4 Å². The second-order valence-corrected chi connectivity index (χ2v) is 5.34. The van der Waals surface area contributed by atoms with Crippen molar-refractivity contribution < 1.29 is 14.6 Å². The maximum absolute atomic E-state index is 11.7. The number of aromatic nitrogens is 2. The number of nitrogens with zero attached hydrogens (tertiary/aromatic N) is 1. The highest BCUT2D eigenvalue weighted by Gasteiger charge is 2.08. The molecule has 1 heterocycles. The van der Waals surface area contributed by atoms with E-state index in [-0.39, 0.29) is 22.3 Å². The average molecular weight is 333 g/mol. The van der Waals surface area contributed by atoms with Crippen LogP contribution in [0.4, 0.5) is 5.69 Å². The Balaban J connectivity index is 2.20. The standard InChI is InChI=1S/C15H15N3O4S/c1-8(2)22-14(21)9-3-5-10(6-4-9)16-7-11-12(19)17-15(23)18-13(11)20/h3-8H,1-2H3,(H3,17,18,19,20,23). The van der Waals surface area contributed by atoms with Crippen molar-refractivity contribution in [2.75, 3.05) is 0 Å². The van der Waals surface area contributed by atoms with Gasteiger partial charge in [0.05, 0.1) is 17.4 Å². The van der Waals surface area contributed by atoms with Gasteiger partial charge >= 0.3 is 5.97 Å². The van der Waals surface area contributed by atoms with Gasteiger partial charge in [-0.3, -0.25) is 14.8 Å². The van der Waals surface area contributed by atoms with Gasteiger partial charge in [0, 0.05) is 6.21 Å². The molecule has 1 aromatic carbocycles. The fraction of sp³-hybridized carbons (Fsp3) is 0.200. The van der Waals surface area contributed by atoms with Gasteiger partial charge in [-0.25, -0.2) is 4.79 Å². The normalized spacial score (nSPS) is 11.1. The van der Waals surface area contributed by atoms with Crippen molar-refractivity contribution in [2.45, 2.75) is 20.0 Å². The summed E-state index contributed by atoms with van der Waals surface area (Å²) in [5, 5.41) is 9.66. The minimum atomic E-state index is -0.549. The topological polar surface area (TPSA) is 108 Å². The zero-order chi connectivity index (χ0) is 17.0. The number of esters is 1. The van der Waals surface area contributed by atoms with Gasteiger partial charge in [0.1, 0.15) is 5.56 Å². The highest BCUT2D eigenvalue weighted by molar-refractivity contribution is 7.71. The third-order valence-electron chi connectivity index (χ3n) is 2.75. The molecule has 0 fully saturated rings. The number of hydrogen-bond acceptors (Lipinski definition) is 6. The highest BCUT2D eigenvalue weighted by Crippen LogP contribution is 2.15. The number of ether oxygens (including phenoxy) is 1. The molecule has 0 radical (unpaired) electrons. The maximum Gasteiger partial charge on any atom is 0.338 e. The Kier molecular flexibility index (Phi) is 5.07. The number of benzene rings is 1. The molecule has 0 saturated carbocycles. The van der Waals surface area contributed by atoms with E-state index < -0.39 is 11.5 Å². The maximum atomic E-state index is 11.7. The molecule has 0 spiro atoms. The molecule has 7 nitrogen and oxygen atoms in total. The number of hydrogen-bond donors (Lipinski definition) is 3. The second kappa shape index (κ2) is 7.01. The van der Waals surface area contributed by atoms with Crippen LogP contribution in [0.25, 0.3) is 0 Å². The molecular weight excluding hydrogens is 318 g/mol. The van der Waals surface area contributed by atoms with Gasteiger partial charge in [-0.2, -0.15) is 0 Å². The van der Waals surface area contributed by atoms with E-state index in [1.54, 1.807) is 38.1 Å². The van der Waals surface area contributed by atoms with E-state index in [9.17, 15) is 14.7 Å². The molecule has 0 unspecified atom stereocenters. The number of aromatic hydroxyl groups is 1. The first-order valence-electron chi connectivity index (χ1n) is 6.77. The van der Waals surface area contributed by atoms with Crippen LogP contribution in [0, 0.1) is 4.77 Å². The first kappa shape index (κ1) is 16.6. The summed E-state index contributed by atoms with van der Waals surface area (Å²) in [6, 6.07) is 6.34. The summed E-state index contributed by atoms with van der Waals surface area (Å²) in [7, 11) is 0. The Hall–Kier alpha value is -2.74. The Bertz CT molecular complexity index is 850. The number of aliphatic imine (C=N–C) groups is 1. The number of aromatic amines is 2. The van der Waals surface area contributed by atoms with E-state index in [0.29, 0.717) is 11.3 Å². The third kappa shape index (κ3) is 4.36. The number of carbonyl (C=O) groups excluding carboxylic acids is 1. The lowest BCUT2D eigenvalue weighted by molar-refractivity contribution is 0.0378. The quantitative estimate of drug-likeness (QED) is 0.452. The Morgan fingerprint density at radius 1 is 1.30 bits per heavy atom. The van der Waals surface area contributed by atoms with Crippen LogP contribution in [0.5, 0.6) is 5.88 Å². The summed E-state index contributed by atoms with van der Waals surface area (Å²) in [6.07, 6.45) is 1.01. The van der Waals surface area contributed by atoms with Crippen LogP contribution < -0.4 is 5.56 Å². The van der Waals surface area contributed by atoms with Crippen molar-refractivity contribution in [2.24, 2.45) is 4.99 Å². The number of rotatable bonds is 4. The van der Waals surface area contributed by atoms with Crippen molar-refractivity contribution in [3.05, 3.63) is 50.5 Å². The molecule has 0 saturated heterocycles. The molecular formula is C15H15N3O4S. The first-order valence-corrected chi connectivity index (χ1v) is 7.18. The van der Waals surface area contributed by atoms with Gasteiger partial charge in [-0.1, -0.05) is 0 Å². The van der Waals surface area contributed by atoms with Crippen LogP contribution in [0.3, 0.4) is 0 Å². The van der Waals surface area contributed by atoms with Crippen molar-refractivity contribution in [3.63, 3.8) is 0 Å². The van der Waals surface area contributed by atoms with Crippen molar-refractivity contribution in [1.29, 1.82) is 0 Å². The van der Waals surface area contributed by atoms with E-state index in [1.165, 1.54) is 6.21 Å². The van der Waals surface area contributed by atoms with Gasteiger partial charge in [0.25, 0.3) is 5.56 Å². The van der Waals surface area contributed by atoms with Crippen molar-refractivity contribution >= 4 is 30.1 Å². The molecule has 0 amide bonds. The minimum absolute atomic E-state index is 0.0256. The lowest BCUT2D eigenvalue weighted by Crippen LogP contribution is -2.13. The van der Waals surface area contributed by atoms with Crippen LogP contribution >= 0.6 is 12.2 Å². The molecule has 1 aromatic heterocycles. The molecule has 2 rings (SSSR count). The largest absolute Gasteiger partial charge is 0.494 e. The van der Waals surface area contributed by atoms with Gasteiger partial charge in [-0.05, 0) is 50.3 Å². The predicted molar refractivity (Wildman–Crippen MR) is 88.2 cm³/mol. The summed E-state index contributed by atoms with van der Waals surface area (Å²) in [4.78, 5) is 32.2. The van der Waals surface area contributed by atoms with Crippen LogP contribution in [0.1, 0.15) is 29.8 Å². The van der Waals surface area contributed by atoms with Crippen molar-refractivity contribution in [1.82, 2.24) is 9.97 Å². The lowest BCUT2D eigenvalue weighted by Gasteiger charge is -2.07. The number of H-pyrrole nitrogens is 2. The molecule has 120 valence electrons. The van der Waals surface area contributed by atoms with Crippen LogP contribution in [0.2, 0.25) is 0 Å². The molecule has 0 bridgehead atoms. The van der Waals surface area contributed by atoms with Gasteiger partial charge < -0.3 is 14.8 Å². The SMILES string of the molecule is CC(C)OC(=O)c1ccc(N=Cc2c(O)[nH]c(=S)[nH]c2=O)cc1. The molecule has 2 aromatic rings. The zero-order valence-electron chi connectivity index (χ0n) is 12.5. The predicted octanol–water partition coefficient (Wildman–Crippen LogP) is 2.45. The molecule has 0 aliphatic rings. The van der Waals surface area contributed by atoms with E-state index in [0.717, 1.165) is 0 Å². The highest BCUT2D eigenvalue weighted by atomic mass is 32.1. The number of nitrogens with one attached hydrogen (secondary N) is 2. The fourth-order valence-corrected chi connectivity index (χ4v) is 1.90. The monoisotopic (exact) mass is 333 g/mol. The zero-order valence-corrected chi connectivity index (χ0v) is 13.3. The van der Waals surface area contributed by atoms with E-state index in [4.69, 9.17) is 17.0 Å².